The van der Waals surface area contributed by atoms with E-state index in [9.17, 15) is 29.4 Å². The van der Waals surface area contributed by atoms with Gasteiger partial charge in [0.25, 0.3) is 0 Å². The zero-order valence-electron chi connectivity index (χ0n) is 26.9. The fraction of sp³-hybridized carbons (Fsp3) is 0.889. The molecule has 44 heavy (non-hydrogen) atoms. The molecule has 5 fully saturated rings. The molecular formula is C36H58N2O6. The van der Waals surface area contributed by atoms with Crippen molar-refractivity contribution >= 4 is 23.8 Å². The molecule has 8 nitrogen and oxygen atoms in total. The van der Waals surface area contributed by atoms with E-state index in [0.717, 1.165) is 38.5 Å². The lowest BCUT2D eigenvalue weighted by Gasteiger charge is -2.39. The van der Waals surface area contributed by atoms with Gasteiger partial charge in [-0.05, 0) is 99.7 Å². The lowest BCUT2D eigenvalue weighted by atomic mass is 9.66. The van der Waals surface area contributed by atoms with E-state index < -0.39 is 35.6 Å². The molecule has 0 bridgehead atoms. The maximum Gasteiger partial charge on any atom is 0.307 e. The van der Waals surface area contributed by atoms with E-state index in [0.29, 0.717) is 74.3 Å². The Morgan fingerprint density at radius 3 is 1.14 bits per heavy atom. The molecule has 6 atom stereocenters. The highest BCUT2D eigenvalue weighted by atomic mass is 16.4. The van der Waals surface area contributed by atoms with Crippen molar-refractivity contribution < 1.29 is 29.4 Å². The molecule has 0 aromatic carbocycles. The van der Waals surface area contributed by atoms with Gasteiger partial charge in [0.1, 0.15) is 0 Å². The second kappa shape index (κ2) is 15.9. The SMILES string of the molecule is O=C(O)C1CC(C2CCCCC2)CCC1C(=O)NCC1CCC(CNC(=O)C2CCC(C3CCCCC3)CC2C(=O)O)CC1. The van der Waals surface area contributed by atoms with Gasteiger partial charge in [-0.3, -0.25) is 19.2 Å². The summed E-state index contributed by atoms with van der Waals surface area (Å²) in [5.74, 6) is -0.887. The van der Waals surface area contributed by atoms with Crippen molar-refractivity contribution in [1.82, 2.24) is 10.6 Å². The van der Waals surface area contributed by atoms with E-state index >= 15 is 0 Å². The molecule has 5 aliphatic carbocycles. The molecule has 0 heterocycles. The normalized spacial score (nSPS) is 35.8. The van der Waals surface area contributed by atoms with Crippen LogP contribution >= 0.6 is 0 Å². The van der Waals surface area contributed by atoms with Crippen LogP contribution in [-0.4, -0.2) is 47.1 Å². The third kappa shape index (κ3) is 8.57. The molecular weight excluding hydrogens is 556 g/mol. The molecule has 0 spiro atoms. The van der Waals surface area contributed by atoms with Crippen molar-refractivity contribution in [2.45, 2.75) is 128 Å². The smallest absolute Gasteiger partial charge is 0.307 e. The van der Waals surface area contributed by atoms with Crippen molar-refractivity contribution in [3.63, 3.8) is 0 Å². The van der Waals surface area contributed by atoms with Gasteiger partial charge >= 0.3 is 11.9 Å². The zero-order valence-corrected chi connectivity index (χ0v) is 26.9. The Morgan fingerprint density at radius 1 is 0.432 bits per heavy atom. The topological polar surface area (TPSA) is 133 Å². The number of carboxylic acids is 2. The van der Waals surface area contributed by atoms with E-state index in [1.54, 1.807) is 0 Å². The average Bonchev–Trinajstić information content (AvgIpc) is 3.06. The van der Waals surface area contributed by atoms with Gasteiger partial charge in [-0.2, -0.15) is 0 Å². The molecule has 5 saturated carbocycles. The molecule has 0 radical (unpaired) electrons. The van der Waals surface area contributed by atoms with Crippen molar-refractivity contribution in [3.05, 3.63) is 0 Å². The minimum absolute atomic E-state index is 0.0833. The summed E-state index contributed by atoms with van der Waals surface area (Å²) in [4.78, 5) is 50.6. The van der Waals surface area contributed by atoms with Crippen molar-refractivity contribution in [2.24, 2.45) is 59.2 Å². The molecule has 0 aliphatic heterocycles. The van der Waals surface area contributed by atoms with Gasteiger partial charge in [0.15, 0.2) is 0 Å². The van der Waals surface area contributed by atoms with Gasteiger partial charge in [0, 0.05) is 13.1 Å². The van der Waals surface area contributed by atoms with Crippen molar-refractivity contribution in [3.8, 4) is 0 Å². The summed E-state index contributed by atoms with van der Waals surface area (Å²) < 4.78 is 0. The Balaban J connectivity index is 1.01. The lowest BCUT2D eigenvalue weighted by Crippen LogP contribution is -2.45. The summed E-state index contributed by atoms with van der Waals surface area (Å²) in [6.07, 6.45) is 20.9. The van der Waals surface area contributed by atoms with Crippen molar-refractivity contribution in [2.75, 3.05) is 13.1 Å². The Bertz CT molecular complexity index is 903. The molecule has 5 rings (SSSR count). The summed E-state index contributed by atoms with van der Waals surface area (Å²) in [6, 6.07) is 0. The number of carbonyl (C=O) groups is 4. The Hall–Kier alpha value is -2.12. The van der Waals surface area contributed by atoms with Crippen molar-refractivity contribution in [1.29, 1.82) is 0 Å². The maximum atomic E-state index is 13.2. The van der Waals surface area contributed by atoms with Crippen LogP contribution in [0.5, 0.6) is 0 Å². The number of hydrogen-bond donors (Lipinski definition) is 4. The third-order valence-electron chi connectivity index (χ3n) is 12.8. The molecule has 8 heteroatoms. The van der Waals surface area contributed by atoms with Crippen LogP contribution in [0.25, 0.3) is 0 Å². The third-order valence-corrected chi connectivity index (χ3v) is 12.8. The lowest BCUT2D eigenvalue weighted by molar-refractivity contribution is -0.150. The first kappa shape index (κ1) is 33.2. The summed E-state index contributed by atoms with van der Waals surface area (Å²) in [5, 5.41) is 26.2. The standard InChI is InChI=1S/C36H58N2O6/c39-33(29-17-15-27(19-31(29)35(41)42)25-7-3-1-4-8-25)37-21-23-11-13-24(14-12-23)22-38-34(40)30-18-16-28(20-32(30)36(43)44)26-9-5-2-6-10-26/h23-32H,1-22H2,(H,37,39)(H,38,40)(H,41,42)(H,43,44). The largest absolute Gasteiger partial charge is 0.481 e. The average molecular weight is 615 g/mol. The monoisotopic (exact) mass is 614 g/mol. The fourth-order valence-electron chi connectivity index (χ4n) is 10.0. The zero-order chi connectivity index (χ0) is 31.1. The second-order valence-electron chi connectivity index (χ2n) is 15.4. The van der Waals surface area contributed by atoms with Gasteiger partial charge in [0.05, 0.1) is 23.7 Å². The molecule has 6 unspecified atom stereocenters. The first-order valence-electron chi connectivity index (χ1n) is 18.3. The summed E-state index contributed by atoms with van der Waals surface area (Å²) in [5.41, 5.74) is 0. The van der Waals surface area contributed by atoms with E-state index in [4.69, 9.17) is 0 Å². The Labute approximate surface area is 264 Å². The van der Waals surface area contributed by atoms with Crippen LogP contribution < -0.4 is 10.6 Å². The van der Waals surface area contributed by atoms with Crippen LogP contribution in [0, 0.1) is 59.2 Å². The van der Waals surface area contributed by atoms with Gasteiger partial charge in [0.2, 0.25) is 11.8 Å². The first-order chi connectivity index (χ1) is 21.3. The number of carbonyl (C=O) groups excluding carboxylic acids is 2. The number of carboxylic acid groups (broad SMARTS) is 2. The van der Waals surface area contributed by atoms with Gasteiger partial charge < -0.3 is 20.8 Å². The molecule has 2 amide bonds. The summed E-state index contributed by atoms with van der Waals surface area (Å²) >= 11 is 0. The number of rotatable bonds is 10. The second-order valence-corrected chi connectivity index (χ2v) is 15.4. The Morgan fingerprint density at radius 2 is 0.795 bits per heavy atom. The quantitative estimate of drug-likeness (QED) is 0.224. The molecule has 0 aromatic rings. The summed E-state index contributed by atoms with van der Waals surface area (Å²) in [6.45, 7) is 1.19. The minimum Gasteiger partial charge on any atom is -0.481 e. The highest BCUT2D eigenvalue weighted by Gasteiger charge is 2.43. The number of hydrogen-bond acceptors (Lipinski definition) is 4. The summed E-state index contributed by atoms with van der Waals surface area (Å²) in [7, 11) is 0. The van der Waals surface area contributed by atoms with E-state index in [-0.39, 0.29) is 11.8 Å². The van der Waals surface area contributed by atoms with Crippen LogP contribution in [0.1, 0.15) is 128 Å². The first-order valence-corrected chi connectivity index (χ1v) is 18.3. The van der Waals surface area contributed by atoms with Crippen LogP contribution in [0.4, 0.5) is 0 Å². The van der Waals surface area contributed by atoms with Crippen LogP contribution in [0.2, 0.25) is 0 Å². The van der Waals surface area contributed by atoms with Gasteiger partial charge in [-0.25, -0.2) is 0 Å². The van der Waals surface area contributed by atoms with E-state index in [1.807, 2.05) is 0 Å². The molecule has 5 aliphatic rings. The number of aliphatic carboxylic acids is 2. The molecule has 4 N–H and O–H groups in total. The number of amides is 2. The molecule has 0 aromatic heterocycles. The van der Waals surface area contributed by atoms with Gasteiger partial charge in [-0.1, -0.05) is 64.2 Å². The van der Waals surface area contributed by atoms with Gasteiger partial charge in [-0.15, -0.1) is 0 Å². The predicted octanol–water partition coefficient (Wildman–Crippen LogP) is 6.42. The molecule has 0 saturated heterocycles. The predicted molar refractivity (Wildman–Crippen MR) is 169 cm³/mol. The van der Waals surface area contributed by atoms with E-state index in [1.165, 1.54) is 64.2 Å². The van der Waals surface area contributed by atoms with Crippen LogP contribution in [0.15, 0.2) is 0 Å². The maximum absolute atomic E-state index is 13.2. The molecule has 248 valence electrons. The fourth-order valence-corrected chi connectivity index (χ4v) is 10.0. The highest BCUT2D eigenvalue weighted by molar-refractivity contribution is 5.85. The Kier molecular flexibility index (Phi) is 12.0. The number of nitrogens with one attached hydrogen (secondary N) is 2. The highest BCUT2D eigenvalue weighted by Crippen LogP contribution is 2.44. The van der Waals surface area contributed by atoms with E-state index in [2.05, 4.69) is 10.6 Å². The minimum atomic E-state index is -0.819. The van der Waals surface area contributed by atoms with Crippen LogP contribution in [-0.2, 0) is 19.2 Å². The van der Waals surface area contributed by atoms with Crippen LogP contribution in [0.3, 0.4) is 0 Å².